The van der Waals surface area contributed by atoms with Crippen LogP contribution in [-0.4, -0.2) is 13.0 Å². The van der Waals surface area contributed by atoms with Gasteiger partial charge in [0.1, 0.15) is 5.75 Å². The molecule has 3 rings (SSSR count). The highest BCUT2D eigenvalue weighted by molar-refractivity contribution is 5.93. The van der Waals surface area contributed by atoms with Crippen LogP contribution in [0.25, 0.3) is 0 Å². The molecule has 0 saturated heterocycles. The molecular formula is C15H19NO2. The first-order valence-corrected chi connectivity index (χ1v) is 6.71. The van der Waals surface area contributed by atoms with E-state index in [1.165, 1.54) is 19.3 Å². The van der Waals surface area contributed by atoms with E-state index in [1.54, 1.807) is 7.11 Å². The maximum Gasteiger partial charge on any atom is 0.227 e. The Morgan fingerprint density at radius 3 is 2.56 bits per heavy atom. The molecule has 1 N–H and O–H groups in total. The van der Waals surface area contributed by atoms with E-state index in [1.807, 2.05) is 24.3 Å². The Bertz CT molecular complexity index is 440. The molecular weight excluding hydrogens is 226 g/mol. The van der Waals surface area contributed by atoms with Crippen LogP contribution in [-0.2, 0) is 4.79 Å². The predicted molar refractivity (Wildman–Crippen MR) is 70.6 cm³/mol. The Morgan fingerprint density at radius 1 is 1.22 bits per heavy atom. The smallest absolute Gasteiger partial charge is 0.227 e. The minimum absolute atomic E-state index is 0.201. The molecule has 0 radical (unpaired) electrons. The quantitative estimate of drug-likeness (QED) is 0.888. The van der Waals surface area contributed by atoms with Crippen molar-refractivity contribution in [3.05, 3.63) is 24.3 Å². The first-order chi connectivity index (χ1) is 8.76. The monoisotopic (exact) mass is 245 g/mol. The number of rotatable bonds is 3. The highest BCUT2D eigenvalue weighted by atomic mass is 16.5. The molecule has 0 unspecified atom stereocenters. The zero-order valence-corrected chi connectivity index (χ0v) is 10.7. The SMILES string of the molecule is COc1ccc(NC(=O)[C@@H]2C[C@H]3CC[C@@H]2C3)cc1. The van der Waals surface area contributed by atoms with Gasteiger partial charge in [-0.2, -0.15) is 0 Å². The van der Waals surface area contributed by atoms with Crippen molar-refractivity contribution in [1.82, 2.24) is 0 Å². The lowest BCUT2D eigenvalue weighted by molar-refractivity contribution is -0.121. The van der Waals surface area contributed by atoms with Crippen LogP contribution in [0.5, 0.6) is 5.75 Å². The standard InChI is InChI=1S/C15H19NO2/c1-18-13-6-4-12(5-7-13)16-15(17)14-9-10-2-3-11(14)8-10/h4-7,10-11,14H,2-3,8-9H2,1H3,(H,16,17)/t10-,11+,14+/m0/s1. The number of hydrogen-bond acceptors (Lipinski definition) is 2. The molecule has 96 valence electrons. The van der Waals surface area contributed by atoms with Crippen LogP contribution < -0.4 is 10.1 Å². The fourth-order valence-corrected chi connectivity index (χ4v) is 3.48. The molecule has 0 aromatic heterocycles. The minimum Gasteiger partial charge on any atom is -0.497 e. The second kappa shape index (κ2) is 4.63. The molecule has 0 spiro atoms. The summed E-state index contributed by atoms with van der Waals surface area (Å²) >= 11 is 0. The third kappa shape index (κ3) is 2.09. The Labute approximate surface area is 108 Å². The average Bonchev–Trinajstić information content (AvgIpc) is 3.02. The highest BCUT2D eigenvalue weighted by Gasteiger charge is 2.42. The van der Waals surface area contributed by atoms with Crippen molar-refractivity contribution in [3.8, 4) is 5.75 Å². The molecule has 2 aliphatic rings. The summed E-state index contributed by atoms with van der Waals surface area (Å²) in [5.74, 6) is 2.70. The van der Waals surface area contributed by atoms with Gasteiger partial charge in [0.05, 0.1) is 7.11 Å². The van der Waals surface area contributed by atoms with Gasteiger partial charge in [0.2, 0.25) is 5.91 Å². The van der Waals surface area contributed by atoms with Crippen LogP contribution in [0.1, 0.15) is 25.7 Å². The summed E-state index contributed by atoms with van der Waals surface area (Å²) in [6.45, 7) is 0. The number of carbonyl (C=O) groups excluding carboxylic acids is 1. The molecule has 3 heteroatoms. The van der Waals surface area contributed by atoms with Crippen LogP contribution in [0.3, 0.4) is 0 Å². The van der Waals surface area contributed by atoms with Crippen molar-refractivity contribution in [2.24, 2.45) is 17.8 Å². The van der Waals surface area contributed by atoms with E-state index >= 15 is 0 Å². The van der Waals surface area contributed by atoms with Gasteiger partial charge in [-0.3, -0.25) is 4.79 Å². The molecule has 1 amide bonds. The molecule has 2 fully saturated rings. The van der Waals surface area contributed by atoms with Gasteiger partial charge in [-0.25, -0.2) is 0 Å². The van der Waals surface area contributed by atoms with Crippen LogP contribution in [0.2, 0.25) is 0 Å². The number of ether oxygens (including phenoxy) is 1. The molecule has 0 aliphatic heterocycles. The van der Waals surface area contributed by atoms with Crippen molar-refractivity contribution < 1.29 is 9.53 Å². The summed E-state index contributed by atoms with van der Waals surface area (Å²) in [4.78, 5) is 12.2. The number of benzene rings is 1. The predicted octanol–water partition coefficient (Wildman–Crippen LogP) is 3.07. The van der Waals surface area contributed by atoms with E-state index in [-0.39, 0.29) is 11.8 Å². The van der Waals surface area contributed by atoms with Gasteiger partial charge in [0.25, 0.3) is 0 Å². The Balaban J connectivity index is 1.63. The minimum atomic E-state index is 0.201. The third-order valence-corrected chi connectivity index (χ3v) is 4.43. The van der Waals surface area contributed by atoms with Gasteiger partial charge < -0.3 is 10.1 Å². The van der Waals surface area contributed by atoms with Crippen molar-refractivity contribution in [1.29, 1.82) is 0 Å². The molecule has 2 aliphatic carbocycles. The molecule has 2 saturated carbocycles. The topological polar surface area (TPSA) is 38.3 Å². The van der Waals surface area contributed by atoms with Gasteiger partial charge in [-0.15, -0.1) is 0 Å². The van der Waals surface area contributed by atoms with Gasteiger partial charge in [-0.05, 0) is 55.4 Å². The fraction of sp³-hybridized carbons (Fsp3) is 0.533. The normalized spacial score (nSPS) is 29.3. The van der Waals surface area contributed by atoms with Crippen molar-refractivity contribution >= 4 is 11.6 Å². The van der Waals surface area contributed by atoms with E-state index in [2.05, 4.69) is 5.32 Å². The number of hydrogen-bond donors (Lipinski definition) is 1. The summed E-state index contributed by atoms with van der Waals surface area (Å²) in [7, 11) is 1.64. The number of fused-ring (bicyclic) bond motifs is 2. The first kappa shape index (κ1) is 11.6. The number of nitrogens with one attached hydrogen (secondary N) is 1. The lowest BCUT2D eigenvalue weighted by Gasteiger charge is -2.20. The van der Waals surface area contributed by atoms with E-state index in [0.29, 0.717) is 5.92 Å². The Kier molecular flexibility index (Phi) is 2.98. The molecule has 2 bridgehead atoms. The summed E-state index contributed by atoms with van der Waals surface area (Å²) in [6, 6.07) is 7.53. The largest absolute Gasteiger partial charge is 0.497 e. The maximum atomic E-state index is 12.2. The van der Waals surface area contributed by atoms with Crippen molar-refractivity contribution in [2.45, 2.75) is 25.7 Å². The van der Waals surface area contributed by atoms with E-state index in [9.17, 15) is 4.79 Å². The number of methoxy groups -OCH3 is 1. The summed E-state index contributed by atoms with van der Waals surface area (Å²) in [5.41, 5.74) is 0.864. The first-order valence-electron chi connectivity index (χ1n) is 6.71. The van der Waals surface area contributed by atoms with Gasteiger partial charge in [0, 0.05) is 11.6 Å². The van der Waals surface area contributed by atoms with Crippen LogP contribution in [0.4, 0.5) is 5.69 Å². The number of carbonyl (C=O) groups is 1. The van der Waals surface area contributed by atoms with E-state index < -0.39 is 0 Å². The van der Waals surface area contributed by atoms with E-state index in [0.717, 1.165) is 23.8 Å². The van der Waals surface area contributed by atoms with Gasteiger partial charge in [-0.1, -0.05) is 6.42 Å². The molecule has 0 heterocycles. The third-order valence-electron chi connectivity index (χ3n) is 4.43. The molecule has 18 heavy (non-hydrogen) atoms. The maximum absolute atomic E-state index is 12.2. The fourth-order valence-electron chi connectivity index (χ4n) is 3.48. The van der Waals surface area contributed by atoms with Crippen molar-refractivity contribution in [3.63, 3.8) is 0 Å². The molecule has 1 aromatic rings. The Hall–Kier alpha value is -1.51. The lowest BCUT2D eigenvalue weighted by Crippen LogP contribution is -2.27. The van der Waals surface area contributed by atoms with Crippen LogP contribution in [0.15, 0.2) is 24.3 Å². The highest BCUT2D eigenvalue weighted by Crippen LogP contribution is 2.48. The lowest BCUT2D eigenvalue weighted by atomic mass is 9.88. The second-order valence-electron chi connectivity index (χ2n) is 5.50. The van der Waals surface area contributed by atoms with Gasteiger partial charge >= 0.3 is 0 Å². The van der Waals surface area contributed by atoms with Gasteiger partial charge in [0.15, 0.2) is 0 Å². The summed E-state index contributed by atoms with van der Waals surface area (Å²) in [5, 5.41) is 3.03. The number of anilines is 1. The zero-order valence-electron chi connectivity index (χ0n) is 10.7. The summed E-state index contributed by atoms with van der Waals surface area (Å²) < 4.78 is 5.10. The van der Waals surface area contributed by atoms with Crippen LogP contribution in [0, 0.1) is 17.8 Å². The van der Waals surface area contributed by atoms with E-state index in [4.69, 9.17) is 4.74 Å². The second-order valence-corrected chi connectivity index (χ2v) is 5.50. The number of amides is 1. The average molecular weight is 245 g/mol. The molecule has 3 atom stereocenters. The summed E-state index contributed by atoms with van der Waals surface area (Å²) in [6.07, 6.45) is 4.93. The molecule has 1 aromatic carbocycles. The molecule has 3 nitrogen and oxygen atoms in total. The van der Waals surface area contributed by atoms with Crippen LogP contribution >= 0.6 is 0 Å². The van der Waals surface area contributed by atoms with Crippen molar-refractivity contribution in [2.75, 3.05) is 12.4 Å². The Morgan fingerprint density at radius 2 is 2.00 bits per heavy atom. The zero-order chi connectivity index (χ0) is 12.5.